The van der Waals surface area contributed by atoms with E-state index in [1.165, 1.54) is 18.2 Å². The third kappa shape index (κ3) is 4.10. The lowest BCUT2D eigenvalue weighted by Crippen LogP contribution is -2.18. The van der Waals surface area contributed by atoms with Crippen LogP contribution >= 0.6 is 0 Å². The lowest BCUT2D eigenvalue weighted by atomic mass is 10.1. The number of hydrogen-bond donors (Lipinski definition) is 3. The van der Waals surface area contributed by atoms with Crippen LogP contribution < -0.4 is 15.8 Å². The molecular weight excluding hydrogens is 328 g/mol. The van der Waals surface area contributed by atoms with Gasteiger partial charge in [0.25, 0.3) is 5.91 Å². The maximum Gasteiger partial charge on any atom is 0.251 e. The molecule has 0 aliphatic carbocycles. The van der Waals surface area contributed by atoms with Crippen molar-refractivity contribution in [3.63, 3.8) is 0 Å². The first-order chi connectivity index (χ1) is 11.3. The lowest BCUT2D eigenvalue weighted by molar-refractivity contribution is 0.0963. The molecule has 0 spiro atoms. The van der Waals surface area contributed by atoms with Gasteiger partial charge < -0.3 is 10.6 Å². The highest BCUT2D eigenvalue weighted by molar-refractivity contribution is 7.89. The number of sulfonamides is 1. The van der Waals surface area contributed by atoms with Crippen molar-refractivity contribution in [2.45, 2.75) is 11.4 Å². The lowest BCUT2D eigenvalue weighted by Gasteiger charge is -2.10. The highest BCUT2D eigenvalue weighted by Crippen LogP contribution is 2.20. The Hall–Kier alpha value is -2.89. The number of nitriles is 1. The Bertz CT molecular complexity index is 917. The summed E-state index contributed by atoms with van der Waals surface area (Å²) < 4.78 is 22.7. The van der Waals surface area contributed by atoms with E-state index in [9.17, 15) is 18.5 Å². The van der Waals surface area contributed by atoms with Crippen LogP contribution in [0.5, 0.6) is 0 Å². The summed E-state index contributed by atoms with van der Waals surface area (Å²) in [5.41, 5.74) is 2.02. The average molecular weight is 344 g/mol. The summed E-state index contributed by atoms with van der Waals surface area (Å²) in [5, 5.41) is 19.8. The van der Waals surface area contributed by atoms with Crippen LogP contribution in [-0.4, -0.2) is 21.4 Å². The first-order valence-corrected chi connectivity index (χ1v) is 8.51. The molecule has 0 radical (unpaired) electrons. The number of carbonyl (C=O) groups is 1. The molecule has 0 aliphatic heterocycles. The predicted molar refractivity (Wildman–Crippen MR) is 89.7 cm³/mol. The summed E-state index contributed by atoms with van der Waals surface area (Å²) in [5.74, 6) is -0.188. The topological polar surface area (TPSA) is 125 Å². The molecule has 0 bridgehead atoms. The summed E-state index contributed by atoms with van der Waals surface area (Å²) in [6, 6.07) is 13.0. The molecule has 0 aliphatic rings. The minimum absolute atomic E-state index is 0.119. The van der Waals surface area contributed by atoms with Gasteiger partial charge in [-0.25, -0.2) is 13.6 Å². The van der Waals surface area contributed by atoms with E-state index in [1.54, 1.807) is 25.2 Å². The zero-order valence-electron chi connectivity index (χ0n) is 12.9. The van der Waals surface area contributed by atoms with Crippen molar-refractivity contribution < 1.29 is 13.2 Å². The minimum atomic E-state index is -3.86. The van der Waals surface area contributed by atoms with E-state index in [4.69, 9.17) is 5.14 Å². The summed E-state index contributed by atoms with van der Waals surface area (Å²) in [6.07, 6.45) is 0. The van der Waals surface area contributed by atoms with Crippen LogP contribution in [0.25, 0.3) is 0 Å². The van der Waals surface area contributed by atoms with Crippen LogP contribution in [0.4, 0.5) is 5.69 Å². The first-order valence-electron chi connectivity index (χ1n) is 6.97. The molecule has 2 rings (SSSR count). The zero-order valence-corrected chi connectivity index (χ0v) is 13.7. The Kier molecular flexibility index (Phi) is 5.18. The van der Waals surface area contributed by atoms with E-state index < -0.39 is 10.0 Å². The van der Waals surface area contributed by atoms with E-state index in [0.717, 1.165) is 5.56 Å². The zero-order chi connectivity index (χ0) is 17.7. The summed E-state index contributed by atoms with van der Waals surface area (Å²) >= 11 is 0. The molecule has 0 heterocycles. The number of benzene rings is 2. The summed E-state index contributed by atoms with van der Waals surface area (Å²) in [6.45, 7) is 0.369. The Labute approximate surface area is 140 Å². The van der Waals surface area contributed by atoms with Crippen LogP contribution in [0.2, 0.25) is 0 Å². The van der Waals surface area contributed by atoms with Gasteiger partial charge in [-0.3, -0.25) is 4.79 Å². The van der Waals surface area contributed by atoms with Crippen molar-refractivity contribution in [2.24, 2.45) is 5.14 Å². The van der Waals surface area contributed by atoms with Crippen molar-refractivity contribution in [3.8, 4) is 6.07 Å². The molecule has 7 nitrogen and oxygen atoms in total. The maximum absolute atomic E-state index is 11.6. The summed E-state index contributed by atoms with van der Waals surface area (Å²) in [4.78, 5) is 11.5. The molecule has 2 aromatic carbocycles. The first kappa shape index (κ1) is 17.5. The quantitative estimate of drug-likeness (QED) is 0.751. The van der Waals surface area contributed by atoms with Crippen LogP contribution in [0, 0.1) is 11.3 Å². The van der Waals surface area contributed by atoms with Crippen molar-refractivity contribution >= 4 is 21.6 Å². The number of amides is 1. The minimum Gasteiger partial charge on any atom is -0.380 e. The largest absolute Gasteiger partial charge is 0.380 e. The smallest absolute Gasteiger partial charge is 0.251 e. The van der Waals surface area contributed by atoms with Crippen LogP contribution in [-0.2, 0) is 16.6 Å². The van der Waals surface area contributed by atoms with Crippen LogP contribution in [0.1, 0.15) is 21.5 Å². The number of anilines is 1. The fourth-order valence-corrected chi connectivity index (χ4v) is 2.65. The highest BCUT2D eigenvalue weighted by Gasteiger charge is 2.11. The van der Waals surface area contributed by atoms with Gasteiger partial charge >= 0.3 is 0 Å². The van der Waals surface area contributed by atoms with E-state index >= 15 is 0 Å². The molecule has 0 unspecified atom stereocenters. The van der Waals surface area contributed by atoms with Gasteiger partial charge in [0.15, 0.2) is 0 Å². The molecule has 8 heteroatoms. The second-order valence-electron chi connectivity index (χ2n) is 5.00. The third-order valence-corrected chi connectivity index (χ3v) is 4.25. The van der Waals surface area contributed by atoms with Gasteiger partial charge in [-0.1, -0.05) is 12.1 Å². The number of hydrogen-bond acceptors (Lipinski definition) is 5. The van der Waals surface area contributed by atoms with Gasteiger partial charge in [0.05, 0.1) is 16.1 Å². The maximum atomic E-state index is 11.6. The molecule has 124 valence electrons. The Balaban J connectivity index is 2.21. The number of nitrogens with two attached hydrogens (primary N) is 1. The molecule has 0 aromatic heterocycles. The molecule has 1 amide bonds. The van der Waals surface area contributed by atoms with Crippen LogP contribution in [0.15, 0.2) is 47.4 Å². The van der Waals surface area contributed by atoms with Gasteiger partial charge in [0.1, 0.15) is 6.07 Å². The summed E-state index contributed by atoms with van der Waals surface area (Å²) in [7, 11) is -2.31. The Morgan fingerprint density at radius 1 is 1.25 bits per heavy atom. The van der Waals surface area contributed by atoms with Gasteiger partial charge in [0, 0.05) is 19.2 Å². The molecule has 2 aromatic rings. The molecule has 0 saturated heterocycles. The predicted octanol–water partition coefficient (Wildman–Crippen LogP) is 1.18. The van der Waals surface area contributed by atoms with E-state index in [-0.39, 0.29) is 16.4 Å². The Morgan fingerprint density at radius 3 is 2.62 bits per heavy atom. The van der Waals surface area contributed by atoms with Crippen molar-refractivity contribution in [2.75, 3.05) is 12.4 Å². The Morgan fingerprint density at radius 2 is 2.00 bits per heavy atom. The number of rotatable bonds is 5. The van der Waals surface area contributed by atoms with Gasteiger partial charge in [-0.05, 0) is 35.9 Å². The van der Waals surface area contributed by atoms with Gasteiger partial charge in [-0.2, -0.15) is 5.26 Å². The van der Waals surface area contributed by atoms with E-state index in [0.29, 0.717) is 17.8 Å². The number of carbonyl (C=O) groups excluding carboxylic acids is 1. The molecule has 0 fully saturated rings. The molecule has 0 atom stereocenters. The molecule has 24 heavy (non-hydrogen) atoms. The molecule has 0 saturated carbocycles. The number of nitrogens with zero attached hydrogens (tertiary/aromatic N) is 1. The van der Waals surface area contributed by atoms with Crippen molar-refractivity contribution in [3.05, 3.63) is 59.2 Å². The fraction of sp³-hybridized carbons (Fsp3) is 0.125. The van der Waals surface area contributed by atoms with E-state index in [2.05, 4.69) is 10.6 Å². The van der Waals surface area contributed by atoms with E-state index in [1.807, 2.05) is 12.1 Å². The number of primary sulfonamides is 1. The SMILES string of the molecule is CNC(=O)c1cccc(CNc2ccc(S(N)(=O)=O)cc2C#N)c1. The standard InChI is InChI=1S/C16H16N4O3S/c1-19-16(21)12-4-2-3-11(7-12)10-20-15-6-5-14(24(18,22)23)8-13(15)9-17/h2-8,20H,10H2,1H3,(H,19,21)(H2,18,22,23). The molecule has 4 N–H and O–H groups in total. The normalized spacial score (nSPS) is 10.7. The monoisotopic (exact) mass is 344 g/mol. The van der Waals surface area contributed by atoms with Gasteiger partial charge in [0.2, 0.25) is 10.0 Å². The fourth-order valence-electron chi connectivity index (χ4n) is 2.11. The number of nitrogens with one attached hydrogen (secondary N) is 2. The highest BCUT2D eigenvalue weighted by atomic mass is 32.2. The average Bonchev–Trinajstić information content (AvgIpc) is 2.58. The van der Waals surface area contributed by atoms with Crippen molar-refractivity contribution in [1.29, 1.82) is 5.26 Å². The van der Waals surface area contributed by atoms with Gasteiger partial charge in [-0.15, -0.1) is 0 Å². The third-order valence-electron chi connectivity index (χ3n) is 3.34. The second-order valence-corrected chi connectivity index (χ2v) is 6.56. The second kappa shape index (κ2) is 7.12. The molecular formula is C16H16N4O3S. The van der Waals surface area contributed by atoms with Crippen molar-refractivity contribution in [1.82, 2.24) is 5.32 Å². The van der Waals surface area contributed by atoms with Crippen LogP contribution in [0.3, 0.4) is 0 Å².